The van der Waals surface area contributed by atoms with Crippen molar-refractivity contribution in [3.8, 4) is 0 Å². The molecular formula is C13H7BrN2O3S. The molecule has 2 N–H and O–H groups in total. The number of thiophene rings is 1. The van der Waals surface area contributed by atoms with Crippen LogP contribution >= 0.6 is 27.3 Å². The molecule has 1 aliphatic rings. The molecule has 1 aromatic heterocycles. The summed E-state index contributed by atoms with van der Waals surface area (Å²) in [5.41, 5.74) is 6.18. The molecule has 0 fully saturated rings. The molecule has 100 valence electrons. The molecule has 1 aromatic carbocycles. The molecule has 0 saturated heterocycles. The fourth-order valence-corrected chi connectivity index (χ4v) is 3.35. The summed E-state index contributed by atoms with van der Waals surface area (Å²) in [6.07, 6.45) is 0. The summed E-state index contributed by atoms with van der Waals surface area (Å²) in [5.74, 6) is -1.93. The molecule has 0 unspecified atom stereocenters. The van der Waals surface area contributed by atoms with Crippen LogP contribution in [0.1, 0.15) is 30.4 Å². The maximum absolute atomic E-state index is 12.3. The summed E-state index contributed by atoms with van der Waals surface area (Å²) < 4.78 is 0.747. The number of halogens is 1. The van der Waals surface area contributed by atoms with Crippen LogP contribution in [-0.4, -0.2) is 22.6 Å². The van der Waals surface area contributed by atoms with Gasteiger partial charge in [0.2, 0.25) is 0 Å². The molecule has 0 aliphatic carbocycles. The third-order valence-corrected chi connectivity index (χ3v) is 4.55. The average molecular weight is 351 g/mol. The van der Waals surface area contributed by atoms with E-state index in [4.69, 9.17) is 5.73 Å². The van der Waals surface area contributed by atoms with Crippen LogP contribution in [0.5, 0.6) is 0 Å². The maximum Gasteiger partial charge on any atom is 0.277 e. The van der Waals surface area contributed by atoms with E-state index in [0.717, 1.165) is 15.1 Å². The molecule has 3 rings (SSSR count). The summed E-state index contributed by atoms with van der Waals surface area (Å²) in [7, 11) is 0. The van der Waals surface area contributed by atoms with Crippen LogP contribution < -0.4 is 5.73 Å². The molecule has 0 atom stereocenters. The molecule has 0 saturated carbocycles. The first-order valence-corrected chi connectivity index (χ1v) is 7.18. The van der Waals surface area contributed by atoms with Crippen molar-refractivity contribution in [3.63, 3.8) is 0 Å². The molecule has 0 spiro atoms. The van der Waals surface area contributed by atoms with Gasteiger partial charge in [-0.2, -0.15) is 0 Å². The van der Waals surface area contributed by atoms with E-state index < -0.39 is 17.7 Å². The molecular weight excluding hydrogens is 344 g/mol. The number of nitrogens with zero attached hydrogens (tertiary/aromatic N) is 1. The van der Waals surface area contributed by atoms with Gasteiger partial charge in [-0.1, -0.05) is 6.07 Å². The third kappa shape index (κ3) is 1.78. The zero-order valence-corrected chi connectivity index (χ0v) is 12.3. The van der Waals surface area contributed by atoms with E-state index in [1.165, 1.54) is 12.1 Å². The van der Waals surface area contributed by atoms with Crippen molar-refractivity contribution in [3.05, 3.63) is 50.1 Å². The van der Waals surface area contributed by atoms with Gasteiger partial charge in [0.05, 0.1) is 19.8 Å². The number of rotatable bonds is 1. The highest BCUT2D eigenvalue weighted by Crippen LogP contribution is 2.30. The summed E-state index contributed by atoms with van der Waals surface area (Å²) in [4.78, 5) is 37.7. The van der Waals surface area contributed by atoms with Gasteiger partial charge < -0.3 is 5.73 Å². The van der Waals surface area contributed by atoms with Crippen molar-refractivity contribution < 1.29 is 14.4 Å². The van der Waals surface area contributed by atoms with Crippen LogP contribution in [-0.2, 0) is 0 Å². The van der Waals surface area contributed by atoms with E-state index in [1.807, 2.05) is 0 Å². The van der Waals surface area contributed by atoms with Crippen molar-refractivity contribution in [2.24, 2.45) is 0 Å². The molecule has 7 heteroatoms. The van der Waals surface area contributed by atoms with Crippen LogP contribution in [0, 0.1) is 0 Å². The summed E-state index contributed by atoms with van der Waals surface area (Å²) in [5, 5.41) is 0. The summed E-state index contributed by atoms with van der Waals surface area (Å²) >= 11 is 4.40. The summed E-state index contributed by atoms with van der Waals surface area (Å²) in [6, 6.07) is 7.84. The van der Waals surface area contributed by atoms with Crippen molar-refractivity contribution in [1.29, 1.82) is 0 Å². The van der Waals surface area contributed by atoms with E-state index in [1.54, 1.807) is 18.2 Å². The number of carbonyl (C=O) groups is 3. The Bertz CT molecular complexity index is 769. The van der Waals surface area contributed by atoms with Gasteiger partial charge in [0.1, 0.15) is 0 Å². The predicted octanol–water partition coefficient (Wildman–Crippen LogP) is 2.53. The minimum Gasteiger partial charge on any atom is -0.398 e. The second-order valence-electron chi connectivity index (χ2n) is 4.12. The van der Waals surface area contributed by atoms with Gasteiger partial charge in [-0.25, -0.2) is 4.90 Å². The fourth-order valence-electron chi connectivity index (χ4n) is 2.04. The van der Waals surface area contributed by atoms with Gasteiger partial charge in [0.25, 0.3) is 17.7 Å². The number of anilines is 1. The Labute approximate surface area is 126 Å². The molecule has 1 aliphatic heterocycles. The first kappa shape index (κ1) is 13.0. The first-order valence-electron chi connectivity index (χ1n) is 5.57. The minimum absolute atomic E-state index is 0.0986. The highest BCUT2D eigenvalue weighted by Gasteiger charge is 2.41. The normalized spacial score (nSPS) is 13.8. The highest BCUT2D eigenvalue weighted by atomic mass is 79.9. The van der Waals surface area contributed by atoms with Crippen LogP contribution in [0.25, 0.3) is 0 Å². The SMILES string of the molecule is Nc1cccc2c1C(=O)N(C(=O)c1ccc(Br)s1)C2=O. The van der Waals surface area contributed by atoms with Gasteiger partial charge in [0.15, 0.2) is 0 Å². The number of amides is 3. The topological polar surface area (TPSA) is 80.5 Å². The molecule has 2 aromatic rings. The number of nitrogens with two attached hydrogens (primary N) is 1. The van der Waals surface area contributed by atoms with Crippen LogP contribution in [0.15, 0.2) is 34.1 Å². The number of nitrogen functional groups attached to an aromatic ring is 1. The van der Waals surface area contributed by atoms with Gasteiger partial charge in [-0.15, -0.1) is 11.3 Å². The van der Waals surface area contributed by atoms with Gasteiger partial charge >= 0.3 is 0 Å². The lowest BCUT2D eigenvalue weighted by atomic mass is 10.1. The average Bonchev–Trinajstić information content (AvgIpc) is 2.94. The van der Waals surface area contributed by atoms with Crippen molar-refractivity contribution in [1.82, 2.24) is 4.90 Å². The number of fused-ring (bicyclic) bond motifs is 1. The number of hydrogen-bond acceptors (Lipinski definition) is 5. The minimum atomic E-state index is -0.669. The molecule has 0 radical (unpaired) electrons. The molecule has 0 bridgehead atoms. The Morgan fingerprint density at radius 2 is 1.90 bits per heavy atom. The van der Waals surface area contributed by atoms with E-state index in [2.05, 4.69) is 15.9 Å². The zero-order valence-electron chi connectivity index (χ0n) is 9.92. The van der Waals surface area contributed by atoms with E-state index in [9.17, 15) is 14.4 Å². The van der Waals surface area contributed by atoms with Crippen LogP contribution in [0.2, 0.25) is 0 Å². The monoisotopic (exact) mass is 350 g/mol. The largest absolute Gasteiger partial charge is 0.398 e. The molecule has 5 nitrogen and oxygen atoms in total. The van der Waals surface area contributed by atoms with Gasteiger partial charge in [-0.3, -0.25) is 14.4 Å². The van der Waals surface area contributed by atoms with E-state index in [0.29, 0.717) is 9.78 Å². The lowest BCUT2D eigenvalue weighted by Gasteiger charge is -2.10. The van der Waals surface area contributed by atoms with E-state index >= 15 is 0 Å². The molecule has 3 amide bonds. The number of hydrogen-bond donors (Lipinski definition) is 1. The number of benzene rings is 1. The summed E-state index contributed by atoms with van der Waals surface area (Å²) in [6.45, 7) is 0. The van der Waals surface area contributed by atoms with Crippen molar-refractivity contribution in [2.45, 2.75) is 0 Å². The smallest absolute Gasteiger partial charge is 0.277 e. The molecule has 20 heavy (non-hydrogen) atoms. The van der Waals surface area contributed by atoms with Crippen LogP contribution in [0.4, 0.5) is 5.69 Å². The lowest BCUT2D eigenvalue weighted by molar-refractivity contribution is 0.0569. The molecule has 2 heterocycles. The van der Waals surface area contributed by atoms with Crippen molar-refractivity contribution in [2.75, 3.05) is 5.73 Å². The number of carbonyl (C=O) groups excluding carboxylic acids is 3. The zero-order chi connectivity index (χ0) is 14.4. The second kappa shape index (κ2) is 4.53. The number of imide groups is 3. The van der Waals surface area contributed by atoms with Crippen LogP contribution in [0.3, 0.4) is 0 Å². The Morgan fingerprint density at radius 1 is 1.15 bits per heavy atom. The fraction of sp³-hybridized carbons (Fsp3) is 0. The quantitative estimate of drug-likeness (QED) is 0.632. The Hall–Kier alpha value is -1.99. The second-order valence-corrected chi connectivity index (χ2v) is 6.59. The first-order chi connectivity index (χ1) is 9.50. The maximum atomic E-state index is 12.3. The van der Waals surface area contributed by atoms with Crippen molar-refractivity contribution >= 4 is 50.7 Å². The Morgan fingerprint density at radius 3 is 2.50 bits per heavy atom. The van der Waals surface area contributed by atoms with Gasteiger partial charge in [-0.05, 0) is 40.2 Å². The third-order valence-electron chi connectivity index (χ3n) is 2.93. The Kier molecular flexibility index (Phi) is 2.95. The van der Waals surface area contributed by atoms with E-state index in [-0.39, 0.29) is 16.8 Å². The van der Waals surface area contributed by atoms with Gasteiger partial charge in [0, 0.05) is 5.69 Å². The predicted molar refractivity (Wildman–Crippen MR) is 77.7 cm³/mol. The highest BCUT2D eigenvalue weighted by molar-refractivity contribution is 9.11. The Balaban J connectivity index is 2.06. The standard InChI is InChI=1S/C13H7BrN2O3S/c14-9-5-4-8(20-9)12(18)16-11(17)6-2-1-3-7(15)10(6)13(16)19/h1-5H,15H2. The lowest BCUT2D eigenvalue weighted by Crippen LogP contribution is -2.35.